The number of anilines is 2. The normalized spacial score (nSPS) is 10.7. The van der Waals surface area contributed by atoms with Gasteiger partial charge in [0.2, 0.25) is 0 Å². The van der Waals surface area contributed by atoms with Crippen LogP contribution in [0.4, 0.5) is 11.5 Å². The first kappa shape index (κ1) is 14.6. The van der Waals surface area contributed by atoms with Crippen molar-refractivity contribution in [1.29, 1.82) is 0 Å². The monoisotopic (exact) mass is 356 g/mol. The number of aldehydes is 1. The molecule has 2 aromatic heterocycles. The number of aryl methyl sites for hydroxylation is 1. The molecule has 0 radical (unpaired) electrons. The quantitative estimate of drug-likeness (QED) is 0.719. The van der Waals surface area contributed by atoms with E-state index in [0.29, 0.717) is 28.2 Å². The molecule has 0 saturated heterocycles. The van der Waals surface area contributed by atoms with Gasteiger partial charge in [-0.2, -0.15) is 0 Å². The highest BCUT2D eigenvalue weighted by Gasteiger charge is 2.10. The van der Waals surface area contributed by atoms with Crippen LogP contribution in [0.3, 0.4) is 0 Å². The third kappa shape index (κ3) is 2.69. The lowest BCUT2D eigenvalue weighted by Crippen LogP contribution is -2.02. The summed E-state index contributed by atoms with van der Waals surface area (Å²) in [5.41, 5.74) is 3.80. The minimum Gasteiger partial charge on any atom is -0.338 e. The van der Waals surface area contributed by atoms with Crippen LogP contribution in [-0.4, -0.2) is 21.2 Å². The van der Waals surface area contributed by atoms with Gasteiger partial charge in [-0.15, -0.1) is 0 Å². The van der Waals surface area contributed by atoms with Crippen molar-refractivity contribution in [3.05, 3.63) is 51.9 Å². The Labute approximate surface area is 136 Å². The van der Waals surface area contributed by atoms with E-state index in [2.05, 4.69) is 36.2 Å². The molecule has 2 heterocycles. The zero-order chi connectivity index (χ0) is 15.7. The minimum atomic E-state index is 0.496. The second-order valence-electron chi connectivity index (χ2n) is 4.91. The molecule has 0 aliphatic carbocycles. The number of fused-ring (bicyclic) bond motifs is 1. The molecule has 6 heteroatoms. The topological polar surface area (TPSA) is 67.8 Å². The second kappa shape index (κ2) is 5.81. The molecule has 3 rings (SSSR count). The number of aromatic nitrogens is 3. The van der Waals surface area contributed by atoms with Crippen LogP contribution in [0, 0.1) is 13.8 Å². The number of carbonyl (C=O) groups is 1. The molecule has 0 saturated carbocycles. The van der Waals surface area contributed by atoms with Crippen molar-refractivity contribution < 1.29 is 4.79 Å². The van der Waals surface area contributed by atoms with Crippen LogP contribution in [0.15, 0.2) is 34.9 Å². The van der Waals surface area contributed by atoms with Crippen LogP contribution in [0.1, 0.15) is 21.7 Å². The second-order valence-corrected chi connectivity index (χ2v) is 5.77. The van der Waals surface area contributed by atoms with Crippen LogP contribution in [-0.2, 0) is 0 Å². The Kier molecular flexibility index (Phi) is 3.85. The Balaban J connectivity index is 2.14. The first-order chi connectivity index (χ1) is 10.6. The van der Waals surface area contributed by atoms with Crippen LogP contribution in [0.25, 0.3) is 11.0 Å². The Morgan fingerprint density at radius 2 is 2.05 bits per heavy atom. The van der Waals surface area contributed by atoms with Crippen LogP contribution in [0.5, 0.6) is 0 Å². The summed E-state index contributed by atoms with van der Waals surface area (Å²) in [6.07, 6.45) is 2.28. The third-order valence-electron chi connectivity index (χ3n) is 3.33. The highest BCUT2D eigenvalue weighted by Crippen LogP contribution is 2.28. The molecule has 0 aliphatic rings. The van der Waals surface area contributed by atoms with Gasteiger partial charge in [0.25, 0.3) is 0 Å². The third-order valence-corrected chi connectivity index (χ3v) is 4.18. The molecular formula is C16H13BrN4O. The van der Waals surface area contributed by atoms with Gasteiger partial charge in [0.15, 0.2) is 12.1 Å². The molecule has 110 valence electrons. The molecule has 0 spiro atoms. The predicted octanol–water partition coefficient (Wildman–Crippen LogP) is 3.96. The lowest BCUT2D eigenvalue weighted by molar-refractivity contribution is 0.112. The summed E-state index contributed by atoms with van der Waals surface area (Å²) in [5, 5.41) is 3.30. The van der Waals surface area contributed by atoms with Gasteiger partial charge in [-0.05, 0) is 37.6 Å². The molecule has 0 fully saturated rings. The number of benzene rings is 1. The zero-order valence-electron chi connectivity index (χ0n) is 12.1. The van der Waals surface area contributed by atoms with Crippen molar-refractivity contribution in [1.82, 2.24) is 15.0 Å². The van der Waals surface area contributed by atoms with Gasteiger partial charge >= 0.3 is 0 Å². The maximum absolute atomic E-state index is 10.9. The fourth-order valence-corrected chi connectivity index (χ4v) is 2.54. The number of rotatable bonds is 3. The van der Waals surface area contributed by atoms with Gasteiger partial charge in [0.05, 0.1) is 5.52 Å². The van der Waals surface area contributed by atoms with E-state index in [1.165, 1.54) is 6.20 Å². The number of carbonyl (C=O) groups excluding carboxylic acids is 1. The standard InChI is InChI=1S/C16H13BrN4O/c1-9-12(17)4-3-5-13(9)21-16-15-14(19-10(2)20-16)6-11(8-22)7-18-15/h3-8H,1-2H3,(H,19,20,21). The maximum Gasteiger partial charge on any atom is 0.160 e. The van der Waals surface area contributed by atoms with Crippen LogP contribution in [0.2, 0.25) is 0 Å². The van der Waals surface area contributed by atoms with Gasteiger partial charge in [-0.1, -0.05) is 22.0 Å². The molecule has 0 aliphatic heterocycles. The number of nitrogens with zero attached hydrogens (tertiary/aromatic N) is 3. The van der Waals surface area contributed by atoms with Crippen molar-refractivity contribution in [2.24, 2.45) is 0 Å². The van der Waals surface area contributed by atoms with E-state index in [1.807, 2.05) is 32.0 Å². The van der Waals surface area contributed by atoms with E-state index >= 15 is 0 Å². The largest absolute Gasteiger partial charge is 0.338 e. The summed E-state index contributed by atoms with van der Waals surface area (Å²) < 4.78 is 1.02. The van der Waals surface area contributed by atoms with E-state index in [1.54, 1.807) is 6.07 Å². The summed E-state index contributed by atoms with van der Waals surface area (Å²) >= 11 is 3.52. The molecule has 0 unspecified atom stereocenters. The number of nitrogens with one attached hydrogen (secondary N) is 1. The lowest BCUT2D eigenvalue weighted by atomic mass is 10.2. The van der Waals surface area contributed by atoms with E-state index in [-0.39, 0.29) is 0 Å². The van der Waals surface area contributed by atoms with Gasteiger partial charge in [0, 0.05) is 21.9 Å². The summed E-state index contributed by atoms with van der Waals surface area (Å²) in [6.45, 7) is 3.83. The predicted molar refractivity (Wildman–Crippen MR) is 89.6 cm³/mol. The van der Waals surface area contributed by atoms with Gasteiger partial charge < -0.3 is 5.32 Å². The summed E-state index contributed by atoms with van der Waals surface area (Å²) in [7, 11) is 0. The Bertz CT molecular complexity index is 879. The molecule has 0 amide bonds. The van der Waals surface area contributed by atoms with Gasteiger partial charge in [-0.25, -0.2) is 15.0 Å². The Hall–Kier alpha value is -2.34. The molecule has 1 N–H and O–H groups in total. The molecule has 5 nitrogen and oxygen atoms in total. The van der Waals surface area contributed by atoms with Crippen LogP contribution >= 0.6 is 15.9 Å². The first-order valence-electron chi connectivity index (χ1n) is 6.70. The zero-order valence-corrected chi connectivity index (χ0v) is 13.7. The van der Waals surface area contributed by atoms with E-state index < -0.39 is 0 Å². The number of pyridine rings is 1. The lowest BCUT2D eigenvalue weighted by Gasteiger charge is -2.12. The Morgan fingerprint density at radius 3 is 2.82 bits per heavy atom. The highest BCUT2D eigenvalue weighted by atomic mass is 79.9. The van der Waals surface area contributed by atoms with E-state index in [9.17, 15) is 4.79 Å². The molecular weight excluding hydrogens is 344 g/mol. The molecule has 0 bridgehead atoms. The molecule has 0 atom stereocenters. The van der Waals surface area contributed by atoms with Crippen molar-refractivity contribution in [3.63, 3.8) is 0 Å². The number of halogens is 1. The smallest absolute Gasteiger partial charge is 0.160 e. The SMILES string of the molecule is Cc1nc(Nc2cccc(Br)c2C)c2ncc(C=O)cc2n1. The molecule has 3 aromatic rings. The number of hydrogen-bond acceptors (Lipinski definition) is 5. The Morgan fingerprint density at radius 1 is 1.23 bits per heavy atom. The summed E-state index contributed by atoms with van der Waals surface area (Å²) in [4.78, 5) is 24.0. The van der Waals surface area contributed by atoms with E-state index in [4.69, 9.17) is 0 Å². The summed E-state index contributed by atoms with van der Waals surface area (Å²) in [6, 6.07) is 7.62. The average molecular weight is 357 g/mol. The summed E-state index contributed by atoms with van der Waals surface area (Å²) in [5.74, 6) is 1.24. The van der Waals surface area contributed by atoms with Crippen molar-refractivity contribution in [3.8, 4) is 0 Å². The van der Waals surface area contributed by atoms with Gasteiger partial charge in [0.1, 0.15) is 11.3 Å². The molecule has 1 aromatic carbocycles. The van der Waals surface area contributed by atoms with E-state index in [0.717, 1.165) is 22.0 Å². The van der Waals surface area contributed by atoms with Gasteiger partial charge in [-0.3, -0.25) is 4.79 Å². The first-order valence-corrected chi connectivity index (χ1v) is 7.49. The fraction of sp³-hybridized carbons (Fsp3) is 0.125. The number of hydrogen-bond donors (Lipinski definition) is 1. The van der Waals surface area contributed by atoms with Crippen molar-refractivity contribution in [2.75, 3.05) is 5.32 Å². The molecule has 22 heavy (non-hydrogen) atoms. The van der Waals surface area contributed by atoms with Crippen molar-refractivity contribution in [2.45, 2.75) is 13.8 Å². The highest BCUT2D eigenvalue weighted by molar-refractivity contribution is 9.10. The maximum atomic E-state index is 10.9. The van der Waals surface area contributed by atoms with Crippen LogP contribution < -0.4 is 5.32 Å². The van der Waals surface area contributed by atoms with Crippen molar-refractivity contribution >= 4 is 44.8 Å². The average Bonchev–Trinajstić information content (AvgIpc) is 2.51. The minimum absolute atomic E-state index is 0.496. The fourth-order valence-electron chi connectivity index (χ4n) is 2.17.